The van der Waals surface area contributed by atoms with Crippen molar-refractivity contribution in [3.05, 3.63) is 102 Å². The van der Waals surface area contributed by atoms with Crippen LogP contribution in [0.15, 0.2) is 84.3 Å². The molecule has 3 N–H and O–H groups in total. The van der Waals surface area contributed by atoms with Crippen LogP contribution in [0.2, 0.25) is 0 Å². The number of halogens is 5. The largest absolute Gasteiger partial charge is 0.416 e. The van der Waals surface area contributed by atoms with E-state index in [1.807, 2.05) is 4.72 Å². The van der Waals surface area contributed by atoms with Gasteiger partial charge < -0.3 is 0 Å². The van der Waals surface area contributed by atoms with Crippen molar-refractivity contribution >= 4 is 31.4 Å². The minimum absolute atomic E-state index is 0.0334. The summed E-state index contributed by atoms with van der Waals surface area (Å²) in [5.74, 6) is 3.87. The summed E-state index contributed by atoms with van der Waals surface area (Å²) >= 11 is 0. The lowest BCUT2D eigenvalue weighted by Crippen LogP contribution is -2.40. The van der Waals surface area contributed by atoms with Crippen LogP contribution in [-0.2, 0) is 26.2 Å². The Morgan fingerprint density at radius 2 is 1.50 bits per heavy atom. The monoisotopic (exact) mass is 547 g/mol. The lowest BCUT2D eigenvalue weighted by molar-refractivity contribution is -0.137. The minimum Gasteiger partial charge on any atom is -0.277 e. The van der Waals surface area contributed by atoms with Crippen molar-refractivity contribution in [1.82, 2.24) is 0 Å². The molecule has 0 spiro atoms. The van der Waals surface area contributed by atoms with Gasteiger partial charge in [0.1, 0.15) is 16.9 Å². The number of sulfonamides is 2. The fourth-order valence-electron chi connectivity index (χ4n) is 3.11. The van der Waals surface area contributed by atoms with Gasteiger partial charge in [-0.2, -0.15) is 13.2 Å². The first-order chi connectivity index (χ1) is 16.7. The highest BCUT2D eigenvalue weighted by Gasteiger charge is 2.33. The molecular weight excluding hydrogens is 529 g/mol. The van der Waals surface area contributed by atoms with E-state index in [0.717, 1.165) is 66.7 Å². The first-order valence-corrected chi connectivity index (χ1v) is 12.8. The van der Waals surface area contributed by atoms with E-state index in [4.69, 9.17) is 5.84 Å². The Morgan fingerprint density at radius 1 is 0.917 bits per heavy atom. The van der Waals surface area contributed by atoms with Crippen molar-refractivity contribution in [1.29, 1.82) is 0 Å². The predicted molar refractivity (Wildman–Crippen MR) is 124 cm³/mol. The number of rotatable bonds is 8. The van der Waals surface area contributed by atoms with Crippen LogP contribution in [0.3, 0.4) is 0 Å². The molecule has 0 fully saturated rings. The molecule has 1 atom stereocenters. The molecule has 36 heavy (non-hydrogen) atoms. The second-order valence-electron chi connectivity index (χ2n) is 7.34. The van der Waals surface area contributed by atoms with Crippen LogP contribution in [0, 0.1) is 11.6 Å². The number of nitrogens with zero attached hydrogens (tertiary/aromatic N) is 1. The molecule has 0 aliphatic heterocycles. The Balaban J connectivity index is 1.86. The zero-order valence-electron chi connectivity index (χ0n) is 18.1. The number of hydrazine groups is 1. The number of benzene rings is 3. The van der Waals surface area contributed by atoms with Gasteiger partial charge in [-0.25, -0.2) is 35.9 Å². The molecule has 0 heterocycles. The zero-order valence-corrected chi connectivity index (χ0v) is 19.7. The van der Waals surface area contributed by atoms with E-state index in [1.165, 1.54) is 0 Å². The van der Waals surface area contributed by atoms with Crippen LogP contribution in [-0.4, -0.2) is 16.8 Å². The molecule has 0 saturated carbocycles. The van der Waals surface area contributed by atoms with E-state index in [-0.39, 0.29) is 11.3 Å². The molecule has 3 aromatic carbocycles. The van der Waals surface area contributed by atoms with Crippen molar-refractivity contribution in [2.24, 2.45) is 5.84 Å². The van der Waals surface area contributed by atoms with Crippen molar-refractivity contribution in [3.8, 4) is 0 Å². The predicted octanol–water partition coefficient (Wildman–Crippen LogP) is 4.72. The Labute approximate surface area is 203 Å². The van der Waals surface area contributed by atoms with Crippen LogP contribution in [0.1, 0.15) is 16.4 Å². The van der Waals surface area contributed by atoms with Gasteiger partial charge >= 0.3 is 6.18 Å². The fraction of sp³-hybridized carbons (Fsp3) is 0.0909. The highest BCUT2D eigenvalue weighted by molar-refractivity contribution is 7.93. The summed E-state index contributed by atoms with van der Waals surface area (Å²) in [6, 6.07) is 9.62. The van der Waals surface area contributed by atoms with E-state index in [9.17, 15) is 38.8 Å². The summed E-state index contributed by atoms with van der Waals surface area (Å²) in [6.45, 7) is 3.42. The number of nitrogens with two attached hydrogens (primary N) is 1. The van der Waals surface area contributed by atoms with Crippen molar-refractivity contribution in [2.45, 2.75) is 16.3 Å². The van der Waals surface area contributed by atoms with Gasteiger partial charge in [-0.05, 0) is 54.1 Å². The molecule has 0 aliphatic carbocycles. The van der Waals surface area contributed by atoms with Crippen LogP contribution >= 0.6 is 0 Å². The van der Waals surface area contributed by atoms with Crippen LogP contribution in [0.5, 0.6) is 0 Å². The standard InChI is InChI=1S/C22H18F5N3O4S2/c1-2-21(14-3-5-15(6-4-14)22(25,26)27)36(33,34)30(28)17-8-10-18(11-9-17)35(31,32)29-20-13-16(23)7-12-19(20)24/h2-13,21,29H,1,28H2. The van der Waals surface area contributed by atoms with Gasteiger partial charge in [0.05, 0.1) is 21.8 Å². The van der Waals surface area contributed by atoms with Gasteiger partial charge in [0.25, 0.3) is 20.0 Å². The quantitative estimate of drug-likeness (QED) is 0.184. The van der Waals surface area contributed by atoms with Gasteiger partial charge in [0.2, 0.25) is 0 Å². The average molecular weight is 548 g/mol. The number of hydrogen-bond donors (Lipinski definition) is 2. The Morgan fingerprint density at radius 3 is 2.03 bits per heavy atom. The average Bonchev–Trinajstić information content (AvgIpc) is 2.81. The number of anilines is 2. The number of alkyl halides is 3. The second-order valence-corrected chi connectivity index (χ2v) is 11.0. The molecule has 192 valence electrons. The third-order valence-electron chi connectivity index (χ3n) is 4.95. The summed E-state index contributed by atoms with van der Waals surface area (Å²) in [4.78, 5) is -0.413. The smallest absolute Gasteiger partial charge is 0.277 e. The van der Waals surface area contributed by atoms with E-state index >= 15 is 0 Å². The summed E-state index contributed by atoms with van der Waals surface area (Å²) in [5, 5.41) is -1.52. The summed E-state index contributed by atoms with van der Waals surface area (Å²) < 4.78 is 119. The van der Waals surface area contributed by atoms with Gasteiger partial charge in [-0.1, -0.05) is 18.2 Å². The molecule has 0 radical (unpaired) electrons. The SMILES string of the molecule is C=CC(c1ccc(C(F)(F)F)cc1)S(=O)(=O)N(N)c1ccc(S(=O)(=O)Nc2cc(F)ccc2F)cc1. The van der Waals surface area contributed by atoms with Crippen LogP contribution < -0.4 is 15.0 Å². The third kappa shape index (κ3) is 5.66. The summed E-state index contributed by atoms with van der Waals surface area (Å²) in [5.41, 5.74) is -1.83. The molecular formula is C22H18F5N3O4S2. The molecule has 0 amide bonds. The van der Waals surface area contributed by atoms with E-state index in [1.54, 1.807) is 0 Å². The lowest BCUT2D eigenvalue weighted by atomic mass is 10.1. The number of hydrogen-bond acceptors (Lipinski definition) is 5. The molecule has 0 saturated heterocycles. The maximum Gasteiger partial charge on any atom is 0.416 e. The van der Waals surface area contributed by atoms with E-state index in [2.05, 4.69) is 6.58 Å². The normalized spacial score (nSPS) is 13.2. The van der Waals surface area contributed by atoms with Crippen LogP contribution in [0.4, 0.5) is 33.3 Å². The Hall–Kier alpha value is -3.49. The van der Waals surface area contributed by atoms with Gasteiger partial charge in [-0.15, -0.1) is 6.58 Å². The maximum atomic E-state index is 13.8. The summed E-state index contributed by atoms with van der Waals surface area (Å²) in [7, 11) is -8.84. The zero-order chi connectivity index (χ0) is 26.9. The molecule has 7 nitrogen and oxygen atoms in total. The first-order valence-electron chi connectivity index (χ1n) is 9.83. The van der Waals surface area contributed by atoms with Gasteiger partial charge in [-0.3, -0.25) is 4.72 Å². The number of nitrogens with one attached hydrogen (secondary N) is 1. The molecule has 14 heteroatoms. The van der Waals surface area contributed by atoms with E-state index < -0.39 is 59.3 Å². The van der Waals surface area contributed by atoms with E-state index in [0.29, 0.717) is 10.5 Å². The van der Waals surface area contributed by atoms with Gasteiger partial charge in [0, 0.05) is 6.07 Å². The lowest BCUT2D eigenvalue weighted by Gasteiger charge is -2.24. The Kier molecular flexibility index (Phi) is 7.43. The van der Waals surface area contributed by atoms with Gasteiger partial charge in [0.15, 0.2) is 0 Å². The first kappa shape index (κ1) is 27.1. The molecule has 0 aromatic heterocycles. The topological polar surface area (TPSA) is 110 Å². The molecule has 0 bridgehead atoms. The fourth-order valence-corrected chi connectivity index (χ4v) is 5.58. The van der Waals surface area contributed by atoms with Crippen LogP contribution in [0.25, 0.3) is 0 Å². The minimum atomic E-state index is -4.61. The van der Waals surface area contributed by atoms with Crippen molar-refractivity contribution in [2.75, 3.05) is 9.14 Å². The molecule has 3 aromatic rings. The summed E-state index contributed by atoms with van der Waals surface area (Å²) in [6.07, 6.45) is -3.63. The highest BCUT2D eigenvalue weighted by Crippen LogP contribution is 2.33. The molecule has 3 rings (SSSR count). The molecule has 0 aliphatic rings. The highest BCUT2D eigenvalue weighted by atomic mass is 32.2. The third-order valence-corrected chi connectivity index (χ3v) is 8.20. The molecule has 1 unspecified atom stereocenters. The Bertz CT molecular complexity index is 1480. The van der Waals surface area contributed by atoms with Crippen molar-refractivity contribution < 1.29 is 38.8 Å². The van der Waals surface area contributed by atoms with Crippen molar-refractivity contribution in [3.63, 3.8) is 0 Å². The maximum absolute atomic E-state index is 13.8. The second kappa shape index (κ2) is 9.87.